The number of hydrogen-bond acceptors (Lipinski definition) is 7. The second kappa shape index (κ2) is 9.44. The first-order valence-corrected chi connectivity index (χ1v) is 11.4. The summed E-state index contributed by atoms with van der Waals surface area (Å²) in [6.45, 7) is 3.22. The average Bonchev–Trinajstić information content (AvgIpc) is 2.87. The molecular weight excluding hydrogens is 470 g/mol. The van der Waals surface area contributed by atoms with Crippen LogP contribution in [0.3, 0.4) is 0 Å². The van der Waals surface area contributed by atoms with Gasteiger partial charge in [0.05, 0.1) is 23.6 Å². The molecule has 2 heterocycles. The van der Waals surface area contributed by atoms with Gasteiger partial charge in [-0.1, -0.05) is 29.8 Å². The number of carbonyl (C=O) groups is 1. The van der Waals surface area contributed by atoms with Crippen molar-refractivity contribution < 1.29 is 23.4 Å². The van der Waals surface area contributed by atoms with Gasteiger partial charge in [-0.15, -0.1) is 0 Å². The number of ether oxygens (including phenoxy) is 3. The molecule has 4 aromatic rings. The zero-order valence-electron chi connectivity index (χ0n) is 19.2. The van der Waals surface area contributed by atoms with E-state index < -0.39 is 5.97 Å². The van der Waals surface area contributed by atoms with Gasteiger partial charge in [-0.2, -0.15) is 0 Å². The number of carbonyl (C=O) groups excluding carboxylic acids is 1. The van der Waals surface area contributed by atoms with Crippen molar-refractivity contribution in [3.8, 4) is 17.2 Å². The van der Waals surface area contributed by atoms with E-state index in [4.69, 9.17) is 30.2 Å². The molecule has 0 unspecified atom stereocenters. The van der Waals surface area contributed by atoms with Crippen LogP contribution in [0.25, 0.3) is 11.0 Å². The average molecular weight is 492 g/mol. The highest BCUT2D eigenvalue weighted by Gasteiger charge is 2.24. The van der Waals surface area contributed by atoms with Crippen LogP contribution in [0.5, 0.6) is 17.2 Å². The van der Waals surface area contributed by atoms with E-state index in [1.54, 1.807) is 43.3 Å². The summed E-state index contributed by atoms with van der Waals surface area (Å²) in [5, 5.41) is 1.10. The van der Waals surface area contributed by atoms with Gasteiger partial charge in [0.2, 0.25) is 11.2 Å². The number of halogens is 1. The van der Waals surface area contributed by atoms with Crippen LogP contribution in [0.2, 0.25) is 5.02 Å². The minimum atomic E-state index is -0.450. The molecule has 3 aromatic carbocycles. The zero-order valence-corrected chi connectivity index (χ0v) is 19.9. The number of hydrogen-bond donors (Lipinski definition) is 0. The highest BCUT2D eigenvalue weighted by molar-refractivity contribution is 6.31. The molecule has 0 aliphatic carbocycles. The number of methoxy groups -OCH3 is 1. The fourth-order valence-electron chi connectivity index (χ4n) is 4.08. The highest BCUT2D eigenvalue weighted by Crippen LogP contribution is 2.35. The SMILES string of the molecule is COC(=O)c1ccc(Oc2c(C)oc3c4c(ccc3c2=O)OCN(Cc2ccccc2Cl)C4)cc1. The molecule has 1 aliphatic heterocycles. The number of aryl methyl sites for hydroxylation is 1. The lowest BCUT2D eigenvalue weighted by molar-refractivity contribution is 0.0600. The van der Waals surface area contributed by atoms with Crippen molar-refractivity contribution in [3.05, 3.63) is 98.4 Å². The van der Waals surface area contributed by atoms with Crippen molar-refractivity contribution in [2.24, 2.45) is 0 Å². The van der Waals surface area contributed by atoms with E-state index in [1.165, 1.54) is 7.11 Å². The predicted molar refractivity (Wildman–Crippen MR) is 131 cm³/mol. The van der Waals surface area contributed by atoms with E-state index >= 15 is 0 Å². The number of benzene rings is 3. The first-order valence-electron chi connectivity index (χ1n) is 11.0. The van der Waals surface area contributed by atoms with Crippen molar-refractivity contribution in [1.29, 1.82) is 0 Å². The van der Waals surface area contributed by atoms with Crippen molar-refractivity contribution in [1.82, 2.24) is 4.90 Å². The molecule has 8 heteroatoms. The Labute approximate surface area is 206 Å². The first kappa shape index (κ1) is 23.0. The predicted octanol–water partition coefficient (Wildman–Crippen LogP) is 5.69. The van der Waals surface area contributed by atoms with E-state index in [9.17, 15) is 9.59 Å². The van der Waals surface area contributed by atoms with Crippen molar-refractivity contribution in [2.75, 3.05) is 13.8 Å². The largest absolute Gasteiger partial charge is 0.478 e. The Hall–Kier alpha value is -3.81. The van der Waals surface area contributed by atoms with Gasteiger partial charge in [0.15, 0.2) is 0 Å². The molecule has 1 aliphatic rings. The lowest BCUT2D eigenvalue weighted by Gasteiger charge is -2.29. The lowest BCUT2D eigenvalue weighted by Crippen LogP contribution is -2.32. The summed E-state index contributed by atoms with van der Waals surface area (Å²) in [5.74, 6) is 1.07. The lowest BCUT2D eigenvalue weighted by atomic mass is 10.1. The Morgan fingerprint density at radius 3 is 2.60 bits per heavy atom. The fourth-order valence-corrected chi connectivity index (χ4v) is 4.28. The number of esters is 1. The van der Waals surface area contributed by atoms with Crippen LogP contribution in [0.1, 0.15) is 27.2 Å². The molecule has 5 rings (SSSR count). The molecule has 7 nitrogen and oxygen atoms in total. The summed E-state index contributed by atoms with van der Waals surface area (Å²) in [6.07, 6.45) is 0. The van der Waals surface area contributed by atoms with Crippen LogP contribution in [-0.4, -0.2) is 24.7 Å². The normalized spacial score (nSPS) is 13.2. The monoisotopic (exact) mass is 491 g/mol. The van der Waals surface area contributed by atoms with Gasteiger partial charge < -0.3 is 18.6 Å². The highest BCUT2D eigenvalue weighted by atomic mass is 35.5. The van der Waals surface area contributed by atoms with E-state index in [2.05, 4.69) is 4.90 Å². The molecule has 35 heavy (non-hydrogen) atoms. The number of nitrogens with zero attached hydrogens (tertiary/aromatic N) is 1. The zero-order chi connectivity index (χ0) is 24.5. The van der Waals surface area contributed by atoms with Gasteiger partial charge in [0.25, 0.3) is 0 Å². The third-order valence-electron chi connectivity index (χ3n) is 5.87. The van der Waals surface area contributed by atoms with Gasteiger partial charge in [-0.25, -0.2) is 4.79 Å². The number of rotatable bonds is 5. The Morgan fingerprint density at radius 1 is 1.09 bits per heavy atom. The van der Waals surface area contributed by atoms with Crippen LogP contribution in [0.15, 0.2) is 69.9 Å². The smallest absolute Gasteiger partial charge is 0.337 e. The molecule has 0 saturated heterocycles. The van der Waals surface area contributed by atoms with Crippen LogP contribution >= 0.6 is 11.6 Å². The molecule has 0 spiro atoms. The van der Waals surface area contributed by atoms with Crippen LogP contribution in [-0.2, 0) is 17.8 Å². The van der Waals surface area contributed by atoms with E-state index in [0.717, 1.165) is 11.1 Å². The molecule has 178 valence electrons. The van der Waals surface area contributed by atoms with Gasteiger partial charge in [0, 0.05) is 18.1 Å². The molecular formula is C27H22ClNO6. The second-order valence-electron chi connectivity index (χ2n) is 8.21. The van der Waals surface area contributed by atoms with E-state index in [-0.39, 0.29) is 11.2 Å². The summed E-state index contributed by atoms with van der Waals surface area (Å²) in [4.78, 5) is 27.1. The molecule has 0 bridgehead atoms. The van der Waals surface area contributed by atoms with Crippen LogP contribution < -0.4 is 14.9 Å². The Bertz CT molecular complexity index is 1480. The molecule has 0 N–H and O–H groups in total. The topological polar surface area (TPSA) is 78.2 Å². The summed E-state index contributed by atoms with van der Waals surface area (Å²) in [6, 6.07) is 17.5. The molecule has 0 fully saturated rings. The second-order valence-corrected chi connectivity index (χ2v) is 8.61. The third-order valence-corrected chi connectivity index (χ3v) is 6.24. The van der Waals surface area contributed by atoms with E-state index in [1.807, 2.05) is 24.3 Å². The molecule has 1 aromatic heterocycles. The molecule has 0 radical (unpaired) electrons. The quantitative estimate of drug-likeness (QED) is 0.332. The Kier molecular flexibility index (Phi) is 6.19. The maximum atomic E-state index is 13.3. The van der Waals surface area contributed by atoms with Crippen molar-refractivity contribution in [3.63, 3.8) is 0 Å². The van der Waals surface area contributed by atoms with Crippen molar-refractivity contribution >= 4 is 28.5 Å². The van der Waals surface area contributed by atoms with Gasteiger partial charge in [-0.05, 0) is 55.0 Å². The van der Waals surface area contributed by atoms with Gasteiger partial charge >= 0.3 is 5.97 Å². The molecule has 0 atom stereocenters. The maximum absolute atomic E-state index is 13.3. The first-order chi connectivity index (χ1) is 16.9. The third kappa shape index (κ3) is 4.48. The summed E-state index contributed by atoms with van der Waals surface area (Å²) in [7, 11) is 1.32. The summed E-state index contributed by atoms with van der Waals surface area (Å²) >= 11 is 6.33. The fraction of sp³-hybridized carbons (Fsp3) is 0.185. The Morgan fingerprint density at radius 2 is 1.86 bits per heavy atom. The Balaban J connectivity index is 1.46. The van der Waals surface area contributed by atoms with E-state index in [0.29, 0.717) is 58.6 Å². The van der Waals surface area contributed by atoms with Gasteiger partial charge in [0.1, 0.15) is 29.6 Å². The maximum Gasteiger partial charge on any atom is 0.337 e. The van der Waals surface area contributed by atoms with Gasteiger partial charge in [-0.3, -0.25) is 9.69 Å². The minimum absolute atomic E-state index is 0.0907. The molecule has 0 amide bonds. The minimum Gasteiger partial charge on any atom is -0.478 e. The summed E-state index contributed by atoms with van der Waals surface area (Å²) < 4.78 is 22.6. The van der Waals surface area contributed by atoms with Crippen molar-refractivity contribution in [2.45, 2.75) is 20.0 Å². The van der Waals surface area contributed by atoms with Crippen LogP contribution in [0, 0.1) is 6.92 Å². The number of fused-ring (bicyclic) bond motifs is 3. The summed E-state index contributed by atoms with van der Waals surface area (Å²) in [5.41, 5.74) is 2.37. The van der Waals surface area contributed by atoms with Crippen LogP contribution in [0.4, 0.5) is 0 Å². The molecule has 0 saturated carbocycles. The standard InChI is InChI=1S/C27H22ClNO6/c1-16-25(35-19-9-7-17(8-10-19)27(31)32-2)24(30)20-11-12-23-21(26(20)34-16)14-29(15-33-23)13-18-5-3-4-6-22(18)28/h3-12H,13-15H2,1-2H3.